The molecule has 18 heavy (non-hydrogen) atoms. The zero-order chi connectivity index (χ0) is 13.2. The molecule has 1 aromatic rings. The molecule has 0 amide bonds. The molecule has 0 spiro atoms. The van der Waals surface area contributed by atoms with Crippen LogP contribution in [0, 0.1) is 5.92 Å². The number of hydrogen-bond donors (Lipinski definition) is 1. The lowest BCUT2D eigenvalue weighted by atomic mass is 10.0. The van der Waals surface area contributed by atoms with Crippen molar-refractivity contribution >= 4 is 10.0 Å². The molecule has 1 heterocycles. The van der Waals surface area contributed by atoms with E-state index in [4.69, 9.17) is 0 Å². The molecule has 5 heteroatoms. The molecule has 0 saturated carbocycles. The topological polar surface area (TPSA) is 57.6 Å². The van der Waals surface area contributed by atoms with E-state index in [1.165, 1.54) is 16.4 Å². The standard InChI is InChI=1S/C13H19NO3S/c1-2-5-11-8-9-14(10-11)18(16,17)13-7-4-3-6-12(13)15/h3-4,6-7,11,15H,2,5,8-10H2,1H3. The second-order valence-corrected chi connectivity index (χ2v) is 6.68. The van der Waals surface area contributed by atoms with Gasteiger partial charge in [-0.2, -0.15) is 4.31 Å². The first-order valence-electron chi connectivity index (χ1n) is 6.34. The molecular weight excluding hydrogens is 250 g/mol. The Morgan fingerprint density at radius 3 is 2.78 bits per heavy atom. The third-order valence-electron chi connectivity index (χ3n) is 3.43. The van der Waals surface area contributed by atoms with E-state index in [0.717, 1.165) is 19.3 Å². The Kier molecular flexibility index (Phi) is 3.92. The summed E-state index contributed by atoms with van der Waals surface area (Å²) in [7, 11) is -3.54. The van der Waals surface area contributed by atoms with Gasteiger partial charge in [0.2, 0.25) is 10.0 Å². The van der Waals surface area contributed by atoms with Crippen molar-refractivity contribution in [2.24, 2.45) is 5.92 Å². The van der Waals surface area contributed by atoms with Gasteiger partial charge in [0.15, 0.2) is 0 Å². The van der Waals surface area contributed by atoms with Crippen molar-refractivity contribution in [2.45, 2.75) is 31.1 Å². The largest absolute Gasteiger partial charge is 0.507 e. The van der Waals surface area contributed by atoms with Crippen LogP contribution in [0.5, 0.6) is 5.75 Å². The molecule has 1 N–H and O–H groups in total. The Balaban J connectivity index is 2.21. The van der Waals surface area contributed by atoms with Crippen molar-refractivity contribution in [3.05, 3.63) is 24.3 Å². The molecular formula is C13H19NO3S. The third kappa shape index (κ3) is 2.52. The van der Waals surface area contributed by atoms with Crippen LogP contribution in [0.4, 0.5) is 0 Å². The molecule has 0 radical (unpaired) electrons. The molecule has 2 rings (SSSR count). The van der Waals surface area contributed by atoms with Crippen molar-refractivity contribution in [1.29, 1.82) is 0 Å². The summed E-state index contributed by atoms with van der Waals surface area (Å²) in [4.78, 5) is 0.0159. The van der Waals surface area contributed by atoms with E-state index >= 15 is 0 Å². The fourth-order valence-corrected chi connectivity index (χ4v) is 4.09. The van der Waals surface area contributed by atoms with Gasteiger partial charge in [-0.3, -0.25) is 0 Å². The van der Waals surface area contributed by atoms with Gasteiger partial charge in [0.25, 0.3) is 0 Å². The highest BCUT2D eigenvalue weighted by molar-refractivity contribution is 7.89. The first-order valence-corrected chi connectivity index (χ1v) is 7.78. The van der Waals surface area contributed by atoms with E-state index in [-0.39, 0.29) is 10.6 Å². The molecule has 1 atom stereocenters. The molecule has 1 aliphatic heterocycles. The Labute approximate surface area is 108 Å². The van der Waals surface area contributed by atoms with E-state index in [2.05, 4.69) is 6.92 Å². The monoisotopic (exact) mass is 269 g/mol. The number of sulfonamides is 1. The predicted octanol–water partition coefficient (Wildman–Crippen LogP) is 2.20. The quantitative estimate of drug-likeness (QED) is 0.911. The lowest BCUT2D eigenvalue weighted by molar-refractivity contribution is 0.430. The molecule has 1 aromatic carbocycles. The van der Waals surface area contributed by atoms with Crippen molar-refractivity contribution < 1.29 is 13.5 Å². The summed E-state index contributed by atoms with van der Waals surface area (Å²) in [6.45, 7) is 3.24. The summed E-state index contributed by atoms with van der Waals surface area (Å²) in [6.07, 6.45) is 3.06. The number of phenolic OH excluding ortho intramolecular Hbond substituents is 1. The predicted molar refractivity (Wildman–Crippen MR) is 69.9 cm³/mol. The summed E-state index contributed by atoms with van der Waals surface area (Å²) in [6, 6.07) is 6.12. The Bertz CT molecular complexity index is 513. The Morgan fingerprint density at radius 2 is 2.11 bits per heavy atom. The minimum Gasteiger partial charge on any atom is -0.507 e. The summed E-state index contributed by atoms with van der Waals surface area (Å²) < 4.78 is 26.2. The van der Waals surface area contributed by atoms with E-state index < -0.39 is 10.0 Å². The van der Waals surface area contributed by atoms with Gasteiger partial charge in [-0.25, -0.2) is 8.42 Å². The maximum Gasteiger partial charge on any atom is 0.246 e. The Morgan fingerprint density at radius 1 is 1.39 bits per heavy atom. The molecule has 0 aliphatic carbocycles. The highest BCUT2D eigenvalue weighted by atomic mass is 32.2. The van der Waals surface area contributed by atoms with Crippen molar-refractivity contribution in [2.75, 3.05) is 13.1 Å². The first-order chi connectivity index (χ1) is 8.55. The maximum absolute atomic E-state index is 12.4. The van der Waals surface area contributed by atoms with E-state index in [9.17, 15) is 13.5 Å². The van der Waals surface area contributed by atoms with Crippen LogP contribution in [0.1, 0.15) is 26.2 Å². The normalized spacial score (nSPS) is 21.3. The van der Waals surface area contributed by atoms with Crippen LogP contribution in [0.2, 0.25) is 0 Å². The van der Waals surface area contributed by atoms with Crippen LogP contribution in [0.25, 0.3) is 0 Å². The van der Waals surface area contributed by atoms with Gasteiger partial charge in [0, 0.05) is 13.1 Å². The van der Waals surface area contributed by atoms with Gasteiger partial charge in [0.05, 0.1) is 0 Å². The molecule has 1 aliphatic rings. The maximum atomic E-state index is 12.4. The minimum absolute atomic E-state index is 0.0159. The van der Waals surface area contributed by atoms with Crippen LogP contribution in [-0.4, -0.2) is 30.9 Å². The molecule has 1 fully saturated rings. The van der Waals surface area contributed by atoms with E-state index in [1.807, 2.05) is 0 Å². The van der Waals surface area contributed by atoms with Crippen LogP contribution >= 0.6 is 0 Å². The fraction of sp³-hybridized carbons (Fsp3) is 0.538. The first kappa shape index (κ1) is 13.4. The van der Waals surface area contributed by atoms with Crippen molar-refractivity contribution in [3.8, 4) is 5.75 Å². The Hall–Kier alpha value is -1.07. The number of benzene rings is 1. The lowest BCUT2D eigenvalue weighted by Crippen LogP contribution is -2.28. The number of para-hydroxylation sites is 1. The van der Waals surface area contributed by atoms with E-state index in [0.29, 0.717) is 19.0 Å². The molecule has 1 unspecified atom stereocenters. The fourth-order valence-electron chi connectivity index (χ4n) is 2.47. The summed E-state index contributed by atoms with van der Waals surface area (Å²) in [5.74, 6) is 0.284. The number of hydrogen-bond acceptors (Lipinski definition) is 3. The zero-order valence-electron chi connectivity index (χ0n) is 10.5. The van der Waals surface area contributed by atoms with Gasteiger partial charge in [-0.1, -0.05) is 25.5 Å². The third-order valence-corrected chi connectivity index (χ3v) is 5.34. The second kappa shape index (κ2) is 5.28. The van der Waals surface area contributed by atoms with Crippen LogP contribution in [0.15, 0.2) is 29.2 Å². The van der Waals surface area contributed by atoms with Crippen LogP contribution < -0.4 is 0 Å². The number of rotatable bonds is 4. The van der Waals surface area contributed by atoms with Crippen molar-refractivity contribution in [3.63, 3.8) is 0 Å². The average molecular weight is 269 g/mol. The SMILES string of the molecule is CCCC1CCN(S(=O)(=O)c2ccccc2O)C1. The highest BCUT2D eigenvalue weighted by Crippen LogP contribution is 2.30. The van der Waals surface area contributed by atoms with Crippen molar-refractivity contribution in [1.82, 2.24) is 4.31 Å². The van der Waals surface area contributed by atoms with Crippen LogP contribution in [0.3, 0.4) is 0 Å². The summed E-state index contributed by atoms with van der Waals surface area (Å²) >= 11 is 0. The average Bonchev–Trinajstić information content (AvgIpc) is 2.79. The summed E-state index contributed by atoms with van der Waals surface area (Å²) in [5.41, 5.74) is 0. The number of aromatic hydroxyl groups is 1. The smallest absolute Gasteiger partial charge is 0.246 e. The molecule has 4 nitrogen and oxygen atoms in total. The highest BCUT2D eigenvalue weighted by Gasteiger charge is 2.33. The van der Waals surface area contributed by atoms with Gasteiger partial charge in [0.1, 0.15) is 10.6 Å². The van der Waals surface area contributed by atoms with Gasteiger partial charge < -0.3 is 5.11 Å². The zero-order valence-corrected chi connectivity index (χ0v) is 11.4. The molecule has 0 aromatic heterocycles. The number of nitrogens with zero attached hydrogens (tertiary/aromatic N) is 1. The number of phenols is 1. The summed E-state index contributed by atoms with van der Waals surface area (Å²) in [5, 5.41) is 9.67. The van der Waals surface area contributed by atoms with E-state index in [1.54, 1.807) is 12.1 Å². The molecule has 100 valence electrons. The second-order valence-electron chi connectivity index (χ2n) is 4.77. The molecule has 0 bridgehead atoms. The molecule has 1 saturated heterocycles. The van der Waals surface area contributed by atoms with Gasteiger partial charge in [-0.05, 0) is 30.9 Å². The van der Waals surface area contributed by atoms with Gasteiger partial charge >= 0.3 is 0 Å². The lowest BCUT2D eigenvalue weighted by Gasteiger charge is -2.17. The minimum atomic E-state index is -3.54. The van der Waals surface area contributed by atoms with Crippen LogP contribution in [-0.2, 0) is 10.0 Å². The van der Waals surface area contributed by atoms with Gasteiger partial charge in [-0.15, -0.1) is 0 Å².